The van der Waals surface area contributed by atoms with Gasteiger partial charge in [-0.1, -0.05) is 6.07 Å². The van der Waals surface area contributed by atoms with Gasteiger partial charge in [0.2, 0.25) is 5.76 Å². The Morgan fingerprint density at radius 2 is 1.90 bits per heavy atom. The molecule has 1 heterocycles. The van der Waals surface area contributed by atoms with Crippen molar-refractivity contribution in [2.24, 2.45) is 5.41 Å². The van der Waals surface area contributed by atoms with E-state index in [0.29, 0.717) is 10.9 Å². The Morgan fingerprint density at radius 3 is 2.45 bits per heavy atom. The number of halogens is 3. The molecule has 0 atom stereocenters. The number of hydrogen-bond donors (Lipinski definition) is 1. The van der Waals surface area contributed by atoms with Crippen LogP contribution in [0, 0.1) is 5.41 Å². The zero-order valence-electron chi connectivity index (χ0n) is 10.9. The molecule has 0 aliphatic heterocycles. The maximum absolute atomic E-state index is 12.5. The standard InChI is InChI=1S/C14H13F3O3/c1-13(2,12(18)19)7-8-3-4-10-9(5-8)6-11(20-10)14(15,16)17/h3-6H,7H2,1-2H3,(H,18,19). The molecular weight excluding hydrogens is 273 g/mol. The van der Waals surface area contributed by atoms with E-state index in [1.54, 1.807) is 19.9 Å². The van der Waals surface area contributed by atoms with Crippen molar-refractivity contribution >= 4 is 16.9 Å². The minimum Gasteiger partial charge on any atom is -0.481 e. The van der Waals surface area contributed by atoms with Crippen LogP contribution in [-0.4, -0.2) is 11.1 Å². The number of benzene rings is 1. The van der Waals surface area contributed by atoms with Crippen LogP contribution in [0.3, 0.4) is 0 Å². The molecule has 0 saturated carbocycles. The van der Waals surface area contributed by atoms with Gasteiger partial charge in [-0.15, -0.1) is 0 Å². The van der Waals surface area contributed by atoms with Crippen molar-refractivity contribution < 1.29 is 27.5 Å². The van der Waals surface area contributed by atoms with Gasteiger partial charge in [-0.25, -0.2) is 0 Å². The molecule has 0 aliphatic carbocycles. The Kier molecular flexibility index (Phi) is 3.28. The number of aliphatic carboxylic acids is 1. The SMILES string of the molecule is CC(C)(Cc1ccc2oc(C(F)(F)F)cc2c1)C(=O)O. The summed E-state index contributed by atoms with van der Waals surface area (Å²) in [4.78, 5) is 11.1. The number of carboxylic acids is 1. The van der Waals surface area contributed by atoms with Gasteiger partial charge in [-0.05, 0) is 44.0 Å². The van der Waals surface area contributed by atoms with Crippen LogP contribution in [0.15, 0.2) is 28.7 Å². The van der Waals surface area contributed by atoms with Gasteiger partial charge in [-0.3, -0.25) is 4.79 Å². The van der Waals surface area contributed by atoms with Crippen molar-refractivity contribution in [1.82, 2.24) is 0 Å². The second-order valence-corrected chi connectivity index (χ2v) is 5.35. The summed E-state index contributed by atoms with van der Waals surface area (Å²) in [5, 5.41) is 9.38. The smallest absolute Gasteiger partial charge is 0.449 e. The van der Waals surface area contributed by atoms with Crippen molar-refractivity contribution in [1.29, 1.82) is 0 Å². The summed E-state index contributed by atoms with van der Waals surface area (Å²) < 4.78 is 42.3. The molecule has 1 aromatic heterocycles. The molecule has 3 nitrogen and oxygen atoms in total. The van der Waals surface area contributed by atoms with Gasteiger partial charge >= 0.3 is 12.1 Å². The Hall–Kier alpha value is -1.98. The molecule has 20 heavy (non-hydrogen) atoms. The fourth-order valence-corrected chi connectivity index (χ4v) is 1.93. The molecule has 0 saturated heterocycles. The highest BCUT2D eigenvalue weighted by Crippen LogP contribution is 2.34. The van der Waals surface area contributed by atoms with E-state index in [0.717, 1.165) is 6.07 Å². The Labute approximate surface area is 113 Å². The minimum absolute atomic E-state index is 0.134. The quantitative estimate of drug-likeness (QED) is 0.924. The van der Waals surface area contributed by atoms with Crippen LogP contribution < -0.4 is 0 Å². The number of furan rings is 1. The van der Waals surface area contributed by atoms with Gasteiger partial charge in [0.05, 0.1) is 5.41 Å². The van der Waals surface area contributed by atoms with Crippen LogP contribution in [0.1, 0.15) is 25.2 Å². The van der Waals surface area contributed by atoms with Crippen LogP contribution in [0.4, 0.5) is 13.2 Å². The molecule has 6 heteroatoms. The summed E-state index contributed by atoms with van der Waals surface area (Å²) in [6.45, 7) is 3.13. The topological polar surface area (TPSA) is 50.4 Å². The Morgan fingerprint density at radius 1 is 1.25 bits per heavy atom. The van der Waals surface area contributed by atoms with E-state index >= 15 is 0 Å². The zero-order chi connectivity index (χ0) is 15.1. The van der Waals surface area contributed by atoms with Crippen molar-refractivity contribution in [3.05, 3.63) is 35.6 Å². The first-order valence-electron chi connectivity index (χ1n) is 5.93. The third-order valence-electron chi connectivity index (χ3n) is 3.09. The average molecular weight is 286 g/mol. The molecule has 2 rings (SSSR count). The third-order valence-corrected chi connectivity index (χ3v) is 3.09. The molecule has 1 N–H and O–H groups in total. The van der Waals surface area contributed by atoms with Crippen LogP contribution in [-0.2, 0) is 17.4 Å². The molecule has 0 aliphatic rings. The highest BCUT2D eigenvalue weighted by molar-refractivity contribution is 5.79. The Balaban J connectivity index is 2.37. The molecule has 0 unspecified atom stereocenters. The highest BCUT2D eigenvalue weighted by atomic mass is 19.4. The number of alkyl halides is 3. The van der Waals surface area contributed by atoms with Crippen LogP contribution in [0.25, 0.3) is 11.0 Å². The lowest BCUT2D eigenvalue weighted by molar-refractivity contribution is -0.152. The van der Waals surface area contributed by atoms with Gasteiger partial charge in [0.1, 0.15) is 5.58 Å². The fourth-order valence-electron chi connectivity index (χ4n) is 1.93. The van der Waals surface area contributed by atoms with E-state index in [1.807, 2.05) is 0 Å². The number of carbonyl (C=O) groups is 1. The van der Waals surface area contributed by atoms with E-state index in [9.17, 15) is 18.0 Å². The normalized spacial score (nSPS) is 12.8. The Bertz CT molecular complexity index is 653. The van der Waals surface area contributed by atoms with E-state index < -0.39 is 23.3 Å². The van der Waals surface area contributed by atoms with Crippen LogP contribution >= 0.6 is 0 Å². The molecule has 0 spiro atoms. The second kappa shape index (κ2) is 4.54. The first-order chi connectivity index (χ1) is 9.09. The maximum atomic E-state index is 12.5. The van der Waals surface area contributed by atoms with Gasteiger partial charge < -0.3 is 9.52 Å². The molecule has 1 aromatic carbocycles. The van der Waals surface area contributed by atoms with E-state index in [4.69, 9.17) is 9.52 Å². The number of rotatable bonds is 3. The molecule has 0 bridgehead atoms. The molecule has 0 radical (unpaired) electrons. The number of carboxylic acid groups (broad SMARTS) is 1. The van der Waals surface area contributed by atoms with Gasteiger partial charge in [0, 0.05) is 5.39 Å². The fraction of sp³-hybridized carbons (Fsp3) is 0.357. The number of hydrogen-bond acceptors (Lipinski definition) is 2. The van der Waals surface area contributed by atoms with Gasteiger partial charge in [-0.2, -0.15) is 13.2 Å². The first-order valence-corrected chi connectivity index (χ1v) is 5.93. The summed E-state index contributed by atoms with van der Waals surface area (Å²) in [5.41, 5.74) is -0.196. The third kappa shape index (κ3) is 2.79. The average Bonchev–Trinajstić information content (AvgIpc) is 2.70. The monoisotopic (exact) mass is 286 g/mol. The first kappa shape index (κ1) is 14.4. The molecule has 0 fully saturated rings. The van der Waals surface area contributed by atoms with Gasteiger partial charge in [0.25, 0.3) is 0 Å². The van der Waals surface area contributed by atoms with Crippen molar-refractivity contribution in [2.75, 3.05) is 0 Å². The van der Waals surface area contributed by atoms with E-state index in [-0.39, 0.29) is 12.0 Å². The largest absolute Gasteiger partial charge is 0.481 e. The molecule has 0 amide bonds. The lowest BCUT2D eigenvalue weighted by Crippen LogP contribution is -2.26. The van der Waals surface area contributed by atoms with Crippen molar-refractivity contribution in [3.8, 4) is 0 Å². The lowest BCUT2D eigenvalue weighted by Gasteiger charge is -2.18. The summed E-state index contributed by atoms with van der Waals surface area (Å²) in [6, 6.07) is 5.46. The minimum atomic E-state index is -4.53. The predicted octanol–water partition coefficient (Wildman–Crippen LogP) is 4.10. The summed E-state index contributed by atoms with van der Waals surface area (Å²) >= 11 is 0. The predicted molar refractivity (Wildman–Crippen MR) is 66.3 cm³/mol. The second-order valence-electron chi connectivity index (χ2n) is 5.35. The van der Waals surface area contributed by atoms with E-state index in [1.165, 1.54) is 12.1 Å². The van der Waals surface area contributed by atoms with Crippen molar-refractivity contribution in [3.63, 3.8) is 0 Å². The maximum Gasteiger partial charge on any atom is 0.449 e. The zero-order valence-corrected chi connectivity index (χ0v) is 10.9. The van der Waals surface area contributed by atoms with Crippen molar-refractivity contribution in [2.45, 2.75) is 26.4 Å². The molecular formula is C14H13F3O3. The lowest BCUT2D eigenvalue weighted by atomic mass is 9.86. The van der Waals surface area contributed by atoms with Gasteiger partial charge in [0.15, 0.2) is 0 Å². The summed E-state index contributed by atoms with van der Waals surface area (Å²) in [5.74, 6) is -2.01. The highest BCUT2D eigenvalue weighted by Gasteiger charge is 2.35. The van der Waals surface area contributed by atoms with Crippen LogP contribution in [0.5, 0.6) is 0 Å². The summed E-state index contributed by atoms with van der Waals surface area (Å²) in [6.07, 6.45) is -4.30. The number of fused-ring (bicyclic) bond motifs is 1. The molecule has 2 aromatic rings. The molecule has 108 valence electrons. The van der Waals surface area contributed by atoms with Crippen LogP contribution in [0.2, 0.25) is 0 Å². The van der Waals surface area contributed by atoms with E-state index in [2.05, 4.69) is 0 Å². The summed E-state index contributed by atoms with van der Waals surface area (Å²) in [7, 11) is 0.